The van der Waals surface area contributed by atoms with Gasteiger partial charge in [-0.25, -0.2) is 0 Å². The summed E-state index contributed by atoms with van der Waals surface area (Å²) in [6.45, 7) is 2.40. The Bertz CT molecular complexity index is 250. The molecule has 0 aromatic heterocycles. The summed E-state index contributed by atoms with van der Waals surface area (Å²) in [6.07, 6.45) is 6.04. The fraction of sp³-hybridized carbons (Fsp3) is 0.917. The lowest BCUT2D eigenvalue weighted by Crippen LogP contribution is -2.37. The van der Waals surface area contributed by atoms with E-state index in [-0.39, 0.29) is 11.8 Å². The van der Waals surface area contributed by atoms with Gasteiger partial charge in [0.25, 0.3) is 0 Å². The molecule has 1 unspecified atom stereocenters. The molecule has 1 amide bonds. The van der Waals surface area contributed by atoms with Crippen LogP contribution in [0.1, 0.15) is 32.1 Å². The predicted molar refractivity (Wildman–Crippen MR) is 60.6 cm³/mol. The van der Waals surface area contributed by atoms with E-state index in [1.807, 2.05) is 0 Å². The Morgan fingerprint density at radius 2 is 2.27 bits per heavy atom. The van der Waals surface area contributed by atoms with Gasteiger partial charge in [0.05, 0.1) is 0 Å². The molecular weight excluding hydrogens is 188 g/mol. The number of carbonyl (C=O) groups is 1. The van der Waals surface area contributed by atoms with E-state index >= 15 is 0 Å². The fourth-order valence-corrected chi connectivity index (χ4v) is 3.41. The van der Waals surface area contributed by atoms with Crippen LogP contribution in [0.25, 0.3) is 0 Å². The normalized spacial score (nSPS) is 37.1. The molecule has 1 aliphatic heterocycles. The zero-order chi connectivity index (χ0) is 10.9. The van der Waals surface area contributed by atoms with Crippen LogP contribution in [0.3, 0.4) is 0 Å². The van der Waals surface area contributed by atoms with Crippen molar-refractivity contribution in [3.05, 3.63) is 0 Å². The van der Waals surface area contributed by atoms with Crippen LogP contribution in [0, 0.1) is 11.3 Å². The minimum absolute atomic E-state index is 0.253. The van der Waals surface area contributed by atoms with E-state index in [1.165, 1.54) is 32.4 Å². The average molecular weight is 210 g/mol. The first-order chi connectivity index (χ1) is 7.15. The highest BCUT2D eigenvalue weighted by Crippen LogP contribution is 2.45. The second-order valence-corrected chi connectivity index (χ2v) is 5.40. The second-order valence-electron chi connectivity index (χ2n) is 5.40. The number of amides is 1. The van der Waals surface area contributed by atoms with Gasteiger partial charge < -0.3 is 10.2 Å². The van der Waals surface area contributed by atoms with Gasteiger partial charge >= 0.3 is 0 Å². The molecule has 2 rings (SSSR count). The summed E-state index contributed by atoms with van der Waals surface area (Å²) in [7, 11) is 3.95. The largest absolute Gasteiger partial charge is 0.359 e. The molecular formula is C12H22N2O. The first-order valence-electron chi connectivity index (χ1n) is 6.05. The van der Waals surface area contributed by atoms with E-state index in [2.05, 4.69) is 17.3 Å². The van der Waals surface area contributed by atoms with Crippen molar-refractivity contribution in [3.63, 3.8) is 0 Å². The van der Waals surface area contributed by atoms with Crippen LogP contribution in [0.2, 0.25) is 0 Å². The molecule has 3 nitrogen and oxygen atoms in total. The third-order valence-corrected chi connectivity index (χ3v) is 4.19. The molecule has 1 spiro atoms. The maximum absolute atomic E-state index is 11.7. The van der Waals surface area contributed by atoms with Crippen molar-refractivity contribution in [1.29, 1.82) is 0 Å². The summed E-state index contributed by atoms with van der Waals surface area (Å²) in [4.78, 5) is 14.1. The number of likely N-dealkylation sites (tertiary alicyclic amines) is 1. The zero-order valence-corrected chi connectivity index (χ0v) is 9.88. The Labute approximate surface area is 92.2 Å². The SMILES string of the molecule is CNC(=O)[C@@H]1CCCC2(CCN(C)C2)C1. The smallest absolute Gasteiger partial charge is 0.222 e. The number of carbonyl (C=O) groups excluding carboxylic acids is 1. The van der Waals surface area contributed by atoms with E-state index in [0.29, 0.717) is 5.41 Å². The minimum atomic E-state index is 0.253. The van der Waals surface area contributed by atoms with Gasteiger partial charge in [-0.15, -0.1) is 0 Å². The molecule has 2 atom stereocenters. The van der Waals surface area contributed by atoms with Gasteiger partial charge in [-0.2, -0.15) is 0 Å². The van der Waals surface area contributed by atoms with Gasteiger partial charge in [0, 0.05) is 19.5 Å². The van der Waals surface area contributed by atoms with Gasteiger partial charge in [-0.1, -0.05) is 6.42 Å². The van der Waals surface area contributed by atoms with Gasteiger partial charge in [0.2, 0.25) is 5.91 Å². The molecule has 86 valence electrons. The molecule has 2 aliphatic rings. The average Bonchev–Trinajstić information content (AvgIpc) is 2.59. The third-order valence-electron chi connectivity index (χ3n) is 4.19. The first kappa shape index (κ1) is 10.9. The molecule has 1 saturated carbocycles. The first-order valence-corrected chi connectivity index (χ1v) is 6.05. The number of nitrogens with one attached hydrogen (secondary N) is 1. The van der Waals surface area contributed by atoms with Crippen LogP contribution in [0.15, 0.2) is 0 Å². The van der Waals surface area contributed by atoms with Gasteiger partial charge in [-0.3, -0.25) is 4.79 Å². The number of rotatable bonds is 1. The summed E-state index contributed by atoms with van der Waals surface area (Å²) in [5, 5.41) is 2.80. The van der Waals surface area contributed by atoms with Crippen molar-refractivity contribution in [2.75, 3.05) is 27.2 Å². The molecule has 0 aromatic carbocycles. The van der Waals surface area contributed by atoms with Crippen molar-refractivity contribution in [2.45, 2.75) is 32.1 Å². The van der Waals surface area contributed by atoms with Crippen molar-refractivity contribution in [2.24, 2.45) is 11.3 Å². The monoisotopic (exact) mass is 210 g/mol. The summed E-state index contributed by atoms with van der Waals surface area (Å²) >= 11 is 0. The van der Waals surface area contributed by atoms with Crippen molar-refractivity contribution < 1.29 is 4.79 Å². The Balaban J connectivity index is 2.01. The Hall–Kier alpha value is -0.570. The lowest BCUT2D eigenvalue weighted by atomic mass is 9.69. The highest BCUT2D eigenvalue weighted by atomic mass is 16.1. The van der Waals surface area contributed by atoms with Crippen LogP contribution in [0.5, 0.6) is 0 Å². The number of nitrogens with zero attached hydrogens (tertiary/aromatic N) is 1. The van der Waals surface area contributed by atoms with Crippen LogP contribution in [0.4, 0.5) is 0 Å². The van der Waals surface area contributed by atoms with E-state index in [4.69, 9.17) is 0 Å². The highest BCUT2D eigenvalue weighted by molar-refractivity contribution is 5.78. The van der Waals surface area contributed by atoms with Crippen molar-refractivity contribution in [1.82, 2.24) is 10.2 Å². The maximum Gasteiger partial charge on any atom is 0.222 e. The topological polar surface area (TPSA) is 32.3 Å². The number of hydrogen-bond acceptors (Lipinski definition) is 2. The molecule has 0 radical (unpaired) electrons. The molecule has 15 heavy (non-hydrogen) atoms. The lowest BCUT2D eigenvalue weighted by Gasteiger charge is -2.37. The Morgan fingerprint density at radius 1 is 1.47 bits per heavy atom. The maximum atomic E-state index is 11.7. The zero-order valence-electron chi connectivity index (χ0n) is 9.88. The standard InChI is InChI=1S/C12H22N2O/c1-13-11(15)10-4-3-5-12(8-10)6-7-14(2)9-12/h10H,3-9H2,1-2H3,(H,13,15)/t10-,12?/m1/s1. The summed E-state index contributed by atoms with van der Waals surface area (Å²) in [5.41, 5.74) is 0.462. The fourth-order valence-electron chi connectivity index (χ4n) is 3.41. The molecule has 0 bridgehead atoms. The van der Waals surface area contributed by atoms with Gasteiger partial charge in [-0.05, 0) is 44.7 Å². The van der Waals surface area contributed by atoms with Crippen molar-refractivity contribution >= 4 is 5.91 Å². The lowest BCUT2D eigenvalue weighted by molar-refractivity contribution is -0.126. The Kier molecular flexibility index (Phi) is 3.01. The molecule has 2 fully saturated rings. The number of hydrogen-bond donors (Lipinski definition) is 1. The van der Waals surface area contributed by atoms with Gasteiger partial charge in [0.15, 0.2) is 0 Å². The van der Waals surface area contributed by atoms with E-state index in [9.17, 15) is 4.79 Å². The Morgan fingerprint density at radius 3 is 2.87 bits per heavy atom. The third kappa shape index (κ3) is 2.17. The summed E-state index contributed by atoms with van der Waals surface area (Å²) < 4.78 is 0. The molecule has 0 aromatic rings. The van der Waals surface area contributed by atoms with Crippen molar-refractivity contribution in [3.8, 4) is 0 Å². The van der Waals surface area contributed by atoms with Crippen LogP contribution >= 0.6 is 0 Å². The summed E-state index contributed by atoms with van der Waals surface area (Å²) in [5.74, 6) is 0.527. The quantitative estimate of drug-likeness (QED) is 0.706. The minimum Gasteiger partial charge on any atom is -0.359 e. The summed E-state index contributed by atoms with van der Waals surface area (Å²) in [6, 6.07) is 0. The molecule has 1 N–H and O–H groups in total. The molecule has 1 heterocycles. The van der Waals surface area contributed by atoms with E-state index in [1.54, 1.807) is 7.05 Å². The van der Waals surface area contributed by atoms with Gasteiger partial charge in [0.1, 0.15) is 0 Å². The van der Waals surface area contributed by atoms with E-state index in [0.717, 1.165) is 12.8 Å². The predicted octanol–water partition coefficient (Wildman–Crippen LogP) is 1.24. The second kappa shape index (κ2) is 4.12. The van der Waals surface area contributed by atoms with Crippen LogP contribution in [-0.4, -0.2) is 38.0 Å². The van der Waals surface area contributed by atoms with Crippen LogP contribution in [-0.2, 0) is 4.79 Å². The molecule has 1 saturated heterocycles. The van der Waals surface area contributed by atoms with E-state index < -0.39 is 0 Å². The molecule has 3 heteroatoms. The molecule has 1 aliphatic carbocycles. The highest BCUT2D eigenvalue weighted by Gasteiger charge is 2.42. The van der Waals surface area contributed by atoms with Crippen LogP contribution < -0.4 is 5.32 Å².